The Kier molecular flexibility index (Phi) is 4.98. The molecular weight excluding hydrogens is 299 g/mol. The van der Waals surface area contributed by atoms with Crippen LogP contribution in [0.1, 0.15) is 28.2 Å². The highest BCUT2D eigenvalue weighted by Gasteiger charge is 2.12. The Morgan fingerprint density at radius 1 is 1.40 bits per heavy atom. The smallest absolute Gasteiger partial charge is 0.271 e. The summed E-state index contributed by atoms with van der Waals surface area (Å²) in [6, 6.07) is 3.10. The molecule has 0 atom stereocenters. The van der Waals surface area contributed by atoms with Crippen LogP contribution in [0.2, 0.25) is 10.2 Å². The molecule has 0 fully saturated rings. The number of carbonyl (C=O) groups excluding carboxylic acids is 1. The second-order valence-corrected chi connectivity index (χ2v) is 5.14. The molecule has 5 nitrogen and oxygen atoms in total. The van der Waals surface area contributed by atoms with E-state index in [0.29, 0.717) is 6.54 Å². The molecule has 0 unspecified atom stereocenters. The SMILES string of the molecule is Cc1[nH]ncc1CCCNC(=O)c1nc(Cl)ccc1Cl. The lowest BCUT2D eigenvalue weighted by molar-refractivity contribution is 0.0948. The van der Waals surface area contributed by atoms with Crippen molar-refractivity contribution in [3.63, 3.8) is 0 Å². The van der Waals surface area contributed by atoms with Gasteiger partial charge in [0.25, 0.3) is 5.91 Å². The summed E-state index contributed by atoms with van der Waals surface area (Å²) in [5, 5.41) is 10.1. The molecule has 0 aromatic carbocycles. The van der Waals surface area contributed by atoms with Crippen LogP contribution in [0.3, 0.4) is 0 Å². The first-order valence-corrected chi connectivity index (χ1v) is 6.92. The van der Waals surface area contributed by atoms with E-state index >= 15 is 0 Å². The van der Waals surface area contributed by atoms with Crippen LogP contribution in [0.25, 0.3) is 0 Å². The second-order valence-electron chi connectivity index (χ2n) is 4.34. The maximum atomic E-state index is 11.9. The predicted octanol–water partition coefficient (Wildman–Crippen LogP) is 2.78. The highest BCUT2D eigenvalue weighted by molar-refractivity contribution is 6.34. The van der Waals surface area contributed by atoms with Crippen molar-refractivity contribution < 1.29 is 4.79 Å². The van der Waals surface area contributed by atoms with Gasteiger partial charge in [0.05, 0.1) is 11.2 Å². The highest BCUT2D eigenvalue weighted by Crippen LogP contribution is 2.16. The summed E-state index contributed by atoms with van der Waals surface area (Å²) >= 11 is 11.7. The van der Waals surface area contributed by atoms with Crippen molar-refractivity contribution in [2.45, 2.75) is 19.8 Å². The molecule has 0 saturated carbocycles. The number of H-pyrrole nitrogens is 1. The van der Waals surface area contributed by atoms with Crippen LogP contribution in [-0.2, 0) is 6.42 Å². The van der Waals surface area contributed by atoms with Crippen LogP contribution in [0.5, 0.6) is 0 Å². The lowest BCUT2D eigenvalue weighted by Crippen LogP contribution is -2.26. The van der Waals surface area contributed by atoms with E-state index in [1.54, 1.807) is 18.3 Å². The van der Waals surface area contributed by atoms with Gasteiger partial charge in [-0.05, 0) is 37.5 Å². The number of hydrogen-bond donors (Lipinski definition) is 2. The van der Waals surface area contributed by atoms with E-state index in [1.807, 2.05) is 6.92 Å². The van der Waals surface area contributed by atoms with Crippen molar-refractivity contribution in [1.82, 2.24) is 20.5 Å². The molecule has 2 heterocycles. The summed E-state index contributed by atoms with van der Waals surface area (Å²) < 4.78 is 0. The third-order valence-corrected chi connectivity index (χ3v) is 3.39. The van der Waals surface area contributed by atoms with E-state index in [-0.39, 0.29) is 21.8 Å². The quantitative estimate of drug-likeness (QED) is 0.658. The van der Waals surface area contributed by atoms with Gasteiger partial charge in [0, 0.05) is 12.2 Å². The number of carbonyl (C=O) groups is 1. The first kappa shape index (κ1) is 14.8. The Morgan fingerprint density at radius 3 is 2.90 bits per heavy atom. The topological polar surface area (TPSA) is 70.7 Å². The minimum atomic E-state index is -0.318. The number of nitrogens with one attached hydrogen (secondary N) is 2. The monoisotopic (exact) mass is 312 g/mol. The van der Waals surface area contributed by atoms with E-state index in [4.69, 9.17) is 23.2 Å². The van der Waals surface area contributed by atoms with Crippen LogP contribution >= 0.6 is 23.2 Å². The summed E-state index contributed by atoms with van der Waals surface area (Å²) in [5.74, 6) is -0.318. The summed E-state index contributed by atoms with van der Waals surface area (Å²) in [5.41, 5.74) is 2.35. The Hall–Kier alpha value is -1.59. The van der Waals surface area contributed by atoms with Crippen LogP contribution in [0, 0.1) is 6.92 Å². The first-order chi connectivity index (χ1) is 9.58. The molecule has 2 rings (SSSR count). The molecule has 0 bridgehead atoms. The molecule has 2 aromatic rings. The third-order valence-electron chi connectivity index (χ3n) is 2.87. The van der Waals surface area contributed by atoms with Gasteiger partial charge in [-0.3, -0.25) is 9.89 Å². The first-order valence-electron chi connectivity index (χ1n) is 6.17. The summed E-state index contributed by atoms with van der Waals surface area (Å²) in [6.45, 7) is 2.50. The maximum Gasteiger partial charge on any atom is 0.271 e. The number of aryl methyl sites for hydroxylation is 2. The molecule has 0 aliphatic rings. The summed E-state index contributed by atoms with van der Waals surface area (Å²) in [6.07, 6.45) is 3.45. The van der Waals surface area contributed by atoms with Crippen molar-refractivity contribution in [3.05, 3.63) is 45.5 Å². The van der Waals surface area contributed by atoms with E-state index in [1.165, 1.54) is 0 Å². The van der Waals surface area contributed by atoms with Crippen molar-refractivity contribution in [2.75, 3.05) is 6.54 Å². The van der Waals surface area contributed by atoms with E-state index in [2.05, 4.69) is 20.5 Å². The van der Waals surface area contributed by atoms with Gasteiger partial charge in [-0.1, -0.05) is 23.2 Å². The number of pyridine rings is 1. The number of halogens is 2. The van der Waals surface area contributed by atoms with Crippen molar-refractivity contribution in [2.24, 2.45) is 0 Å². The second kappa shape index (κ2) is 6.72. The molecule has 0 aliphatic heterocycles. The van der Waals surface area contributed by atoms with Gasteiger partial charge in [0.1, 0.15) is 10.8 Å². The van der Waals surface area contributed by atoms with Gasteiger partial charge in [-0.2, -0.15) is 5.10 Å². The minimum Gasteiger partial charge on any atom is -0.351 e. The van der Waals surface area contributed by atoms with Crippen molar-refractivity contribution >= 4 is 29.1 Å². The Labute approximate surface area is 126 Å². The van der Waals surface area contributed by atoms with Gasteiger partial charge in [0.15, 0.2) is 0 Å². The van der Waals surface area contributed by atoms with Gasteiger partial charge >= 0.3 is 0 Å². The van der Waals surface area contributed by atoms with E-state index < -0.39 is 0 Å². The van der Waals surface area contributed by atoms with Gasteiger partial charge < -0.3 is 5.32 Å². The van der Waals surface area contributed by atoms with Crippen LogP contribution in [0.15, 0.2) is 18.3 Å². The van der Waals surface area contributed by atoms with Crippen LogP contribution < -0.4 is 5.32 Å². The molecule has 2 N–H and O–H groups in total. The number of aromatic amines is 1. The molecule has 7 heteroatoms. The molecule has 1 amide bonds. The fourth-order valence-electron chi connectivity index (χ4n) is 1.77. The molecule has 20 heavy (non-hydrogen) atoms. The zero-order valence-corrected chi connectivity index (χ0v) is 12.4. The zero-order valence-electron chi connectivity index (χ0n) is 10.9. The normalized spacial score (nSPS) is 10.6. The Bertz CT molecular complexity index is 612. The molecule has 106 valence electrons. The zero-order chi connectivity index (χ0) is 14.5. The molecule has 0 radical (unpaired) electrons. The summed E-state index contributed by atoms with van der Waals surface area (Å²) in [7, 11) is 0. The average Bonchev–Trinajstić information content (AvgIpc) is 2.83. The lowest BCUT2D eigenvalue weighted by atomic mass is 10.1. The van der Waals surface area contributed by atoms with Gasteiger partial charge in [-0.15, -0.1) is 0 Å². The van der Waals surface area contributed by atoms with Gasteiger partial charge in [0.2, 0.25) is 0 Å². The highest BCUT2D eigenvalue weighted by atomic mass is 35.5. The number of rotatable bonds is 5. The molecule has 2 aromatic heterocycles. The van der Waals surface area contributed by atoms with Gasteiger partial charge in [-0.25, -0.2) is 4.98 Å². The van der Waals surface area contributed by atoms with E-state index in [0.717, 1.165) is 24.1 Å². The standard InChI is InChI=1S/C13H14Cl2N4O/c1-8-9(7-17-19-8)3-2-6-16-13(20)12-10(14)4-5-11(15)18-12/h4-5,7H,2-3,6H2,1H3,(H,16,20)(H,17,19). The predicted molar refractivity (Wildman–Crippen MR) is 78.2 cm³/mol. The number of amides is 1. The number of nitrogens with zero attached hydrogens (tertiary/aromatic N) is 2. The lowest BCUT2D eigenvalue weighted by Gasteiger charge is -2.06. The third kappa shape index (κ3) is 3.71. The average molecular weight is 313 g/mol. The van der Waals surface area contributed by atoms with Crippen LogP contribution in [-0.4, -0.2) is 27.6 Å². The number of aromatic nitrogens is 3. The molecule has 0 aliphatic carbocycles. The largest absolute Gasteiger partial charge is 0.351 e. The molecule has 0 spiro atoms. The Morgan fingerprint density at radius 2 is 2.20 bits per heavy atom. The minimum absolute atomic E-state index is 0.152. The number of hydrogen-bond acceptors (Lipinski definition) is 3. The molecular formula is C13H14Cl2N4O. The molecule has 0 saturated heterocycles. The maximum absolute atomic E-state index is 11.9. The van der Waals surface area contributed by atoms with E-state index in [9.17, 15) is 4.79 Å². The fourth-order valence-corrected chi connectivity index (χ4v) is 2.11. The van der Waals surface area contributed by atoms with Crippen molar-refractivity contribution in [1.29, 1.82) is 0 Å². The van der Waals surface area contributed by atoms with Crippen molar-refractivity contribution in [3.8, 4) is 0 Å². The summed E-state index contributed by atoms with van der Waals surface area (Å²) in [4.78, 5) is 15.8. The fraction of sp³-hybridized carbons (Fsp3) is 0.308. The van der Waals surface area contributed by atoms with Crippen LogP contribution in [0.4, 0.5) is 0 Å². The Balaban J connectivity index is 1.83.